The van der Waals surface area contributed by atoms with Crippen molar-refractivity contribution in [1.82, 2.24) is 15.3 Å². The molecule has 5 heteroatoms. The van der Waals surface area contributed by atoms with Gasteiger partial charge in [0.25, 0.3) is 0 Å². The van der Waals surface area contributed by atoms with Crippen LogP contribution in [0.1, 0.15) is 6.42 Å². The molecule has 1 atom stereocenters. The number of morpholine rings is 1. The maximum absolute atomic E-state index is 9.65. The first-order chi connectivity index (χ1) is 7.36. The molecule has 2 rings (SSSR count). The number of nitrogens with zero attached hydrogens (tertiary/aromatic N) is 2. The third-order valence-electron chi connectivity index (χ3n) is 3.20. The zero-order valence-electron chi connectivity index (χ0n) is 9.19. The number of nitrogens with one attached hydrogen (secondary N) is 1. The minimum Gasteiger partial charge on any atom is -0.379 e. The van der Waals surface area contributed by atoms with Crippen molar-refractivity contribution in [1.29, 1.82) is 0 Å². The summed E-state index contributed by atoms with van der Waals surface area (Å²) in [4.78, 5) is 2.41. The number of rotatable bonds is 3. The Morgan fingerprint density at radius 3 is 2.80 bits per heavy atom. The molecule has 0 aromatic rings. The Balaban J connectivity index is 1.67. The molecule has 2 aliphatic heterocycles. The van der Waals surface area contributed by atoms with Gasteiger partial charge in [0.2, 0.25) is 0 Å². The van der Waals surface area contributed by atoms with Gasteiger partial charge in [-0.15, -0.1) is 0 Å². The van der Waals surface area contributed by atoms with Crippen molar-refractivity contribution < 1.29 is 9.94 Å². The smallest absolute Gasteiger partial charge is 0.0594 e. The van der Waals surface area contributed by atoms with Gasteiger partial charge in [-0.1, -0.05) is 0 Å². The van der Waals surface area contributed by atoms with Gasteiger partial charge in [-0.25, -0.2) is 0 Å². The Labute approximate surface area is 90.9 Å². The Hall–Kier alpha value is -0.200. The van der Waals surface area contributed by atoms with Crippen LogP contribution in [0.3, 0.4) is 0 Å². The van der Waals surface area contributed by atoms with E-state index in [1.165, 1.54) is 5.06 Å². The van der Waals surface area contributed by atoms with E-state index in [1.807, 2.05) is 0 Å². The number of piperazine rings is 1. The maximum atomic E-state index is 9.65. The number of hydrogen-bond donors (Lipinski definition) is 2. The van der Waals surface area contributed by atoms with Gasteiger partial charge in [0.05, 0.1) is 13.2 Å². The van der Waals surface area contributed by atoms with Crippen molar-refractivity contribution >= 4 is 0 Å². The molecule has 0 bridgehead atoms. The second kappa shape index (κ2) is 5.77. The SMILES string of the molecule is ON1CCNCC1CCN1CCOCC1. The summed E-state index contributed by atoms with van der Waals surface area (Å²) in [6.45, 7) is 7.38. The second-order valence-corrected chi connectivity index (χ2v) is 4.26. The molecular formula is C10H21N3O2. The van der Waals surface area contributed by atoms with Crippen molar-refractivity contribution in [2.24, 2.45) is 0 Å². The lowest BCUT2D eigenvalue weighted by atomic mass is 10.1. The van der Waals surface area contributed by atoms with Crippen LogP contribution in [-0.4, -0.2) is 73.7 Å². The Bertz CT molecular complexity index is 186. The fourth-order valence-corrected chi connectivity index (χ4v) is 2.16. The van der Waals surface area contributed by atoms with E-state index in [4.69, 9.17) is 4.74 Å². The second-order valence-electron chi connectivity index (χ2n) is 4.26. The largest absolute Gasteiger partial charge is 0.379 e. The highest BCUT2D eigenvalue weighted by Gasteiger charge is 2.21. The number of hydrogen-bond acceptors (Lipinski definition) is 5. The van der Waals surface area contributed by atoms with E-state index < -0.39 is 0 Å². The van der Waals surface area contributed by atoms with Crippen molar-refractivity contribution in [3.63, 3.8) is 0 Å². The minimum absolute atomic E-state index is 0.279. The van der Waals surface area contributed by atoms with E-state index in [1.54, 1.807) is 0 Å². The zero-order chi connectivity index (χ0) is 10.5. The molecule has 15 heavy (non-hydrogen) atoms. The van der Waals surface area contributed by atoms with E-state index in [0.29, 0.717) is 0 Å². The first kappa shape index (κ1) is 11.3. The number of hydroxylamine groups is 2. The predicted octanol–water partition coefficient (Wildman–Crippen LogP) is -0.628. The summed E-state index contributed by atoms with van der Waals surface area (Å²) in [5.74, 6) is 0. The van der Waals surface area contributed by atoms with Gasteiger partial charge in [0.1, 0.15) is 0 Å². The van der Waals surface area contributed by atoms with Crippen LogP contribution in [0.15, 0.2) is 0 Å². The third kappa shape index (κ3) is 3.39. The molecule has 0 spiro atoms. The highest BCUT2D eigenvalue weighted by molar-refractivity contribution is 4.76. The zero-order valence-corrected chi connectivity index (χ0v) is 9.19. The van der Waals surface area contributed by atoms with Crippen LogP contribution < -0.4 is 5.32 Å². The van der Waals surface area contributed by atoms with Crippen LogP contribution in [0.25, 0.3) is 0 Å². The topological polar surface area (TPSA) is 48.0 Å². The molecule has 2 heterocycles. The summed E-state index contributed by atoms with van der Waals surface area (Å²) in [5, 5.41) is 14.4. The van der Waals surface area contributed by atoms with Gasteiger partial charge in [0.15, 0.2) is 0 Å². The summed E-state index contributed by atoms with van der Waals surface area (Å²) in [5.41, 5.74) is 0. The van der Waals surface area contributed by atoms with Gasteiger partial charge < -0.3 is 15.3 Å². The summed E-state index contributed by atoms with van der Waals surface area (Å²) in [7, 11) is 0. The van der Waals surface area contributed by atoms with Crippen molar-refractivity contribution in [2.75, 3.05) is 52.5 Å². The molecule has 0 radical (unpaired) electrons. The van der Waals surface area contributed by atoms with Crippen LogP contribution in [0, 0.1) is 0 Å². The van der Waals surface area contributed by atoms with Gasteiger partial charge in [-0.05, 0) is 13.0 Å². The van der Waals surface area contributed by atoms with Crippen LogP contribution in [0.5, 0.6) is 0 Å². The van der Waals surface area contributed by atoms with E-state index in [9.17, 15) is 5.21 Å². The minimum atomic E-state index is 0.279. The highest BCUT2D eigenvalue weighted by Crippen LogP contribution is 2.06. The molecule has 0 aromatic heterocycles. The summed E-state index contributed by atoms with van der Waals surface area (Å²) in [6.07, 6.45) is 1.03. The van der Waals surface area contributed by atoms with E-state index in [-0.39, 0.29) is 6.04 Å². The molecule has 0 aromatic carbocycles. The molecule has 0 aliphatic carbocycles. The lowest BCUT2D eigenvalue weighted by molar-refractivity contribution is -0.139. The van der Waals surface area contributed by atoms with Crippen molar-refractivity contribution in [3.05, 3.63) is 0 Å². The van der Waals surface area contributed by atoms with Crippen molar-refractivity contribution in [3.8, 4) is 0 Å². The maximum Gasteiger partial charge on any atom is 0.0594 e. The summed E-state index contributed by atoms with van der Waals surface area (Å²) < 4.78 is 5.30. The molecule has 0 amide bonds. The van der Waals surface area contributed by atoms with Crippen LogP contribution in [0.2, 0.25) is 0 Å². The normalized spacial score (nSPS) is 30.6. The Morgan fingerprint density at radius 1 is 1.27 bits per heavy atom. The molecule has 2 N–H and O–H groups in total. The Morgan fingerprint density at radius 2 is 2.07 bits per heavy atom. The lowest BCUT2D eigenvalue weighted by Gasteiger charge is -2.33. The molecule has 2 fully saturated rings. The van der Waals surface area contributed by atoms with Crippen LogP contribution >= 0.6 is 0 Å². The lowest BCUT2D eigenvalue weighted by Crippen LogP contribution is -2.51. The van der Waals surface area contributed by atoms with Crippen molar-refractivity contribution in [2.45, 2.75) is 12.5 Å². The molecule has 2 saturated heterocycles. The molecule has 1 unspecified atom stereocenters. The first-order valence-corrected chi connectivity index (χ1v) is 5.82. The average molecular weight is 215 g/mol. The van der Waals surface area contributed by atoms with Gasteiger partial charge in [0, 0.05) is 38.8 Å². The molecule has 5 nitrogen and oxygen atoms in total. The average Bonchev–Trinajstić information content (AvgIpc) is 2.29. The Kier molecular flexibility index (Phi) is 4.34. The fraction of sp³-hybridized carbons (Fsp3) is 1.00. The molecule has 0 saturated carbocycles. The van der Waals surface area contributed by atoms with Gasteiger partial charge in [-0.3, -0.25) is 4.90 Å². The summed E-state index contributed by atoms with van der Waals surface area (Å²) >= 11 is 0. The molecule has 2 aliphatic rings. The predicted molar refractivity (Wildman–Crippen MR) is 57.0 cm³/mol. The number of ether oxygens (including phenoxy) is 1. The highest BCUT2D eigenvalue weighted by atomic mass is 16.5. The monoisotopic (exact) mass is 215 g/mol. The summed E-state index contributed by atoms with van der Waals surface area (Å²) in [6, 6.07) is 0.279. The standard InChI is InChI=1S/C10H21N3O2/c14-13-4-2-11-9-10(13)1-3-12-5-7-15-8-6-12/h10-11,14H,1-9H2. The first-order valence-electron chi connectivity index (χ1n) is 5.82. The van der Waals surface area contributed by atoms with E-state index >= 15 is 0 Å². The van der Waals surface area contributed by atoms with Crippen LogP contribution in [-0.2, 0) is 4.74 Å². The van der Waals surface area contributed by atoms with E-state index in [0.717, 1.165) is 58.9 Å². The quantitative estimate of drug-likeness (QED) is 0.656. The van der Waals surface area contributed by atoms with Crippen LogP contribution in [0.4, 0.5) is 0 Å². The molecule has 88 valence electrons. The fourth-order valence-electron chi connectivity index (χ4n) is 2.16. The third-order valence-corrected chi connectivity index (χ3v) is 3.20. The van der Waals surface area contributed by atoms with E-state index in [2.05, 4.69) is 10.2 Å². The molecular weight excluding hydrogens is 194 g/mol. The van der Waals surface area contributed by atoms with Gasteiger partial charge >= 0.3 is 0 Å². The van der Waals surface area contributed by atoms with Gasteiger partial charge in [-0.2, -0.15) is 5.06 Å².